The van der Waals surface area contributed by atoms with Gasteiger partial charge in [0, 0.05) is 49.3 Å². The summed E-state index contributed by atoms with van der Waals surface area (Å²) in [6.07, 6.45) is 2.80. The Hall–Kier alpha value is -3.13. The van der Waals surface area contributed by atoms with Crippen LogP contribution in [0.4, 0.5) is 31.9 Å². The fourth-order valence-corrected chi connectivity index (χ4v) is 6.33. The lowest BCUT2D eigenvalue weighted by molar-refractivity contribution is 0.143. The molecule has 1 saturated heterocycles. The topological polar surface area (TPSA) is 143 Å². The highest BCUT2D eigenvalue weighted by Gasteiger charge is 2.33. The van der Waals surface area contributed by atoms with E-state index in [2.05, 4.69) is 25.5 Å². The number of aromatic nitrogens is 2. The number of hydrogen-bond donors (Lipinski definition) is 3. The van der Waals surface area contributed by atoms with E-state index >= 15 is 0 Å². The summed E-state index contributed by atoms with van der Waals surface area (Å²) in [5.74, 6) is -1.35. The summed E-state index contributed by atoms with van der Waals surface area (Å²) >= 11 is 0. The van der Waals surface area contributed by atoms with Crippen molar-refractivity contribution in [2.24, 2.45) is 5.73 Å². The zero-order valence-corrected chi connectivity index (χ0v) is 23.4. The van der Waals surface area contributed by atoms with Crippen LogP contribution in [0.1, 0.15) is 12.8 Å². The van der Waals surface area contributed by atoms with Crippen LogP contribution < -0.4 is 16.4 Å². The third-order valence-electron chi connectivity index (χ3n) is 6.45. The Bertz CT molecular complexity index is 1390. The van der Waals surface area contributed by atoms with Crippen molar-refractivity contribution in [2.45, 2.75) is 23.8 Å². The summed E-state index contributed by atoms with van der Waals surface area (Å²) in [4.78, 5) is 10.8. The molecule has 0 saturated carbocycles. The summed E-state index contributed by atoms with van der Waals surface area (Å²) in [6.45, 7) is 2.84. The van der Waals surface area contributed by atoms with Crippen LogP contribution in [0.3, 0.4) is 0 Å². The second-order valence-electron chi connectivity index (χ2n) is 9.08. The number of anilines is 4. The first-order valence-electron chi connectivity index (χ1n) is 12.7. The van der Waals surface area contributed by atoms with Gasteiger partial charge in [0.15, 0.2) is 11.6 Å². The van der Waals surface area contributed by atoms with Crippen molar-refractivity contribution >= 4 is 41.9 Å². The zero-order valence-electron chi connectivity index (χ0n) is 21.6. The molecule has 214 valence electrons. The van der Waals surface area contributed by atoms with E-state index in [1.807, 2.05) is 0 Å². The standard InChI is InChI=1S/C25H31F2N7O4PS/c26-22-6-3-19(17-23(22)27)30-24-7-11-29-25(32-24)31-18-1-4-21(5-2-18)40(36,37)34(14-10-28)20-8-12-33(13-9-20)15-16-38-39-35/h1-7,11,17,20,39H,8-10,12-16,28H2,(H2,29,30,31,32)/q+1. The van der Waals surface area contributed by atoms with Crippen molar-refractivity contribution in [2.75, 3.05) is 50.0 Å². The average Bonchev–Trinajstić information content (AvgIpc) is 2.95. The lowest BCUT2D eigenvalue weighted by Gasteiger charge is -2.37. The summed E-state index contributed by atoms with van der Waals surface area (Å²) < 4.78 is 70.7. The molecule has 2 heterocycles. The largest absolute Gasteiger partial charge is 0.494 e. The second-order valence-corrected chi connectivity index (χ2v) is 11.4. The minimum absolute atomic E-state index is 0.147. The van der Waals surface area contributed by atoms with Gasteiger partial charge in [-0.3, -0.25) is 0 Å². The Kier molecular flexibility index (Phi) is 10.4. The van der Waals surface area contributed by atoms with Crippen molar-refractivity contribution < 1.29 is 26.3 Å². The van der Waals surface area contributed by atoms with E-state index in [0.29, 0.717) is 56.3 Å². The van der Waals surface area contributed by atoms with Crippen molar-refractivity contribution in [3.63, 3.8) is 0 Å². The van der Waals surface area contributed by atoms with Gasteiger partial charge in [-0.25, -0.2) is 22.2 Å². The fraction of sp³-hybridized carbons (Fsp3) is 0.360. The molecule has 0 amide bonds. The molecule has 1 aromatic heterocycles. The fourth-order valence-electron chi connectivity index (χ4n) is 4.46. The van der Waals surface area contributed by atoms with E-state index in [-0.39, 0.29) is 30.0 Å². The molecular formula is C25H31F2N7O4PS+. The molecule has 1 aliphatic rings. The molecular weight excluding hydrogens is 563 g/mol. The quantitative estimate of drug-likeness (QED) is 0.198. The van der Waals surface area contributed by atoms with Crippen LogP contribution in [0.5, 0.6) is 0 Å². The third kappa shape index (κ3) is 7.74. The number of hydrogen-bond acceptors (Lipinski definition) is 10. The molecule has 0 spiro atoms. The number of benzene rings is 2. The minimum atomic E-state index is -3.80. The monoisotopic (exact) mass is 594 g/mol. The number of piperidine rings is 1. The van der Waals surface area contributed by atoms with E-state index in [0.717, 1.165) is 12.1 Å². The van der Waals surface area contributed by atoms with Gasteiger partial charge in [0.05, 0.1) is 4.90 Å². The Balaban J connectivity index is 1.40. The van der Waals surface area contributed by atoms with Crippen LogP contribution >= 0.6 is 8.69 Å². The van der Waals surface area contributed by atoms with Gasteiger partial charge in [0.25, 0.3) is 0 Å². The number of rotatable bonds is 13. The lowest BCUT2D eigenvalue weighted by Crippen LogP contribution is -2.49. The van der Waals surface area contributed by atoms with Gasteiger partial charge >= 0.3 is 8.69 Å². The minimum Gasteiger partial charge on any atom is -0.340 e. The Labute approximate surface area is 233 Å². The maximum atomic E-state index is 13.5. The highest BCUT2D eigenvalue weighted by molar-refractivity contribution is 7.89. The second kappa shape index (κ2) is 14.0. The van der Waals surface area contributed by atoms with Gasteiger partial charge in [-0.1, -0.05) is 0 Å². The molecule has 1 atom stereocenters. The van der Waals surface area contributed by atoms with Gasteiger partial charge in [-0.15, -0.1) is 4.52 Å². The van der Waals surface area contributed by atoms with E-state index in [1.54, 1.807) is 18.2 Å². The van der Waals surface area contributed by atoms with Gasteiger partial charge in [0.1, 0.15) is 12.4 Å². The molecule has 4 rings (SSSR count). The number of sulfonamides is 1. The van der Waals surface area contributed by atoms with Crippen LogP contribution in [0.15, 0.2) is 59.6 Å². The smallest absolute Gasteiger partial charge is 0.340 e. The van der Waals surface area contributed by atoms with E-state index in [4.69, 9.17) is 10.3 Å². The van der Waals surface area contributed by atoms with E-state index in [9.17, 15) is 21.8 Å². The summed E-state index contributed by atoms with van der Waals surface area (Å²) in [5.41, 5.74) is 6.66. The van der Waals surface area contributed by atoms with Crippen LogP contribution in [0, 0.1) is 11.6 Å². The van der Waals surface area contributed by atoms with E-state index < -0.39 is 30.3 Å². The van der Waals surface area contributed by atoms with Crippen molar-refractivity contribution in [3.05, 3.63) is 66.4 Å². The number of nitrogens with two attached hydrogens (primary N) is 1. The van der Waals surface area contributed by atoms with Crippen molar-refractivity contribution in [3.8, 4) is 0 Å². The molecule has 1 fully saturated rings. The zero-order chi connectivity index (χ0) is 28.5. The lowest BCUT2D eigenvalue weighted by atomic mass is 10.1. The van der Waals surface area contributed by atoms with Gasteiger partial charge < -0.3 is 21.3 Å². The predicted octanol–water partition coefficient (Wildman–Crippen LogP) is 3.61. The first-order valence-corrected chi connectivity index (χ1v) is 14.9. The first-order chi connectivity index (χ1) is 19.3. The third-order valence-corrected chi connectivity index (χ3v) is 8.74. The molecule has 0 radical (unpaired) electrons. The molecule has 15 heteroatoms. The highest BCUT2D eigenvalue weighted by atomic mass is 32.2. The summed E-state index contributed by atoms with van der Waals surface area (Å²) in [6, 6.07) is 11.1. The molecule has 0 aliphatic carbocycles. The maximum Gasteiger partial charge on any atom is 0.494 e. The van der Waals surface area contributed by atoms with Crippen LogP contribution in [-0.4, -0.2) is 73.0 Å². The SMILES string of the molecule is NCCN(C1CCN(CCO[PH+]=O)CC1)S(=O)(=O)c1ccc(Nc2nccc(Nc3ccc(F)c(F)c3)n2)cc1. The molecule has 3 aromatic rings. The Morgan fingerprint density at radius 2 is 1.77 bits per heavy atom. The Morgan fingerprint density at radius 1 is 1.05 bits per heavy atom. The van der Waals surface area contributed by atoms with Crippen molar-refractivity contribution in [1.29, 1.82) is 0 Å². The van der Waals surface area contributed by atoms with Gasteiger partial charge in [-0.2, -0.15) is 9.29 Å². The predicted molar refractivity (Wildman–Crippen MR) is 149 cm³/mol. The highest BCUT2D eigenvalue weighted by Crippen LogP contribution is 2.26. The van der Waals surface area contributed by atoms with Crippen LogP contribution in [0.2, 0.25) is 0 Å². The average molecular weight is 595 g/mol. The molecule has 1 unspecified atom stereocenters. The van der Waals surface area contributed by atoms with Gasteiger partial charge in [0.2, 0.25) is 16.0 Å². The van der Waals surface area contributed by atoms with Gasteiger partial charge in [-0.05, 0) is 73.0 Å². The molecule has 11 nitrogen and oxygen atoms in total. The summed E-state index contributed by atoms with van der Waals surface area (Å²) in [7, 11) is -4.58. The maximum absolute atomic E-state index is 13.5. The molecule has 0 bridgehead atoms. The van der Waals surface area contributed by atoms with Crippen LogP contribution in [0.25, 0.3) is 0 Å². The molecule has 40 heavy (non-hydrogen) atoms. The van der Waals surface area contributed by atoms with Crippen LogP contribution in [-0.2, 0) is 19.1 Å². The molecule has 2 aromatic carbocycles. The normalized spacial score (nSPS) is 15.0. The van der Waals surface area contributed by atoms with Crippen molar-refractivity contribution in [1.82, 2.24) is 19.2 Å². The number of halogens is 2. The molecule has 4 N–H and O–H groups in total. The number of nitrogens with zero attached hydrogens (tertiary/aromatic N) is 4. The molecule has 1 aliphatic heterocycles. The Morgan fingerprint density at radius 3 is 2.45 bits per heavy atom. The number of likely N-dealkylation sites (tertiary alicyclic amines) is 1. The number of nitrogens with one attached hydrogen (secondary N) is 2. The van der Waals surface area contributed by atoms with E-state index in [1.165, 1.54) is 28.7 Å². The first kappa shape index (κ1) is 29.8. The summed E-state index contributed by atoms with van der Waals surface area (Å²) in [5, 5.41) is 5.90.